The van der Waals surface area contributed by atoms with E-state index in [1.54, 1.807) is 10.9 Å². The molecule has 8 heteroatoms. The maximum absolute atomic E-state index is 12.7. The number of hydrogen-bond donors (Lipinski definition) is 2. The molecule has 152 valence electrons. The molecule has 0 atom stereocenters. The second kappa shape index (κ2) is 8.06. The fraction of sp³-hybridized carbons (Fsp3) is 0.429. The first-order valence-electron chi connectivity index (χ1n) is 10.1. The van der Waals surface area contributed by atoms with Crippen molar-refractivity contribution < 1.29 is 14.4 Å². The molecule has 0 unspecified atom stereocenters. The maximum Gasteiger partial charge on any atom is 0.325 e. The van der Waals surface area contributed by atoms with Gasteiger partial charge in [-0.25, -0.2) is 9.48 Å². The number of benzene rings is 1. The van der Waals surface area contributed by atoms with E-state index in [0.717, 1.165) is 35.4 Å². The van der Waals surface area contributed by atoms with Crippen LogP contribution in [-0.2, 0) is 16.0 Å². The normalized spacial score (nSPS) is 18.1. The minimum absolute atomic E-state index is 0.240. The van der Waals surface area contributed by atoms with Crippen LogP contribution in [0.3, 0.4) is 0 Å². The van der Waals surface area contributed by atoms with Crippen molar-refractivity contribution in [3.8, 4) is 5.69 Å². The summed E-state index contributed by atoms with van der Waals surface area (Å²) in [5, 5.41) is 9.94. The zero-order valence-corrected chi connectivity index (χ0v) is 16.3. The Kier molecular flexibility index (Phi) is 5.33. The summed E-state index contributed by atoms with van der Waals surface area (Å²) in [5.41, 5.74) is 1.17. The van der Waals surface area contributed by atoms with Gasteiger partial charge in [-0.2, -0.15) is 5.10 Å². The van der Waals surface area contributed by atoms with Crippen molar-refractivity contribution in [2.45, 2.75) is 44.1 Å². The second-order valence-electron chi connectivity index (χ2n) is 7.69. The summed E-state index contributed by atoms with van der Waals surface area (Å²) >= 11 is 0. The minimum Gasteiger partial charge on any atom is -0.354 e. The minimum atomic E-state index is -0.790. The van der Waals surface area contributed by atoms with Crippen LogP contribution >= 0.6 is 0 Å². The van der Waals surface area contributed by atoms with Crippen LogP contribution in [0.25, 0.3) is 5.69 Å². The average Bonchev–Trinajstić information content (AvgIpc) is 3.29. The van der Waals surface area contributed by atoms with E-state index in [1.807, 2.05) is 36.5 Å². The highest BCUT2D eigenvalue weighted by atomic mass is 16.2. The largest absolute Gasteiger partial charge is 0.354 e. The van der Waals surface area contributed by atoms with E-state index >= 15 is 0 Å². The van der Waals surface area contributed by atoms with E-state index in [1.165, 1.54) is 0 Å². The summed E-state index contributed by atoms with van der Waals surface area (Å²) < 4.78 is 1.79. The molecule has 4 amide bonds. The third-order valence-corrected chi connectivity index (χ3v) is 5.65. The van der Waals surface area contributed by atoms with Gasteiger partial charge in [0.15, 0.2) is 0 Å². The number of nitrogens with zero attached hydrogens (tertiary/aromatic N) is 3. The van der Waals surface area contributed by atoms with Gasteiger partial charge in [0.25, 0.3) is 5.91 Å². The number of hydrogen-bond acceptors (Lipinski definition) is 4. The molecule has 1 aliphatic heterocycles. The molecule has 8 nitrogen and oxygen atoms in total. The Labute approximate surface area is 169 Å². The molecule has 2 heterocycles. The van der Waals surface area contributed by atoms with Crippen LogP contribution in [-0.4, -0.2) is 51.2 Å². The monoisotopic (exact) mass is 395 g/mol. The van der Waals surface area contributed by atoms with Crippen molar-refractivity contribution in [2.24, 2.45) is 0 Å². The van der Waals surface area contributed by atoms with Crippen LogP contribution in [0.1, 0.15) is 37.7 Å². The van der Waals surface area contributed by atoms with Crippen LogP contribution in [0.2, 0.25) is 0 Å². The molecule has 29 heavy (non-hydrogen) atoms. The van der Waals surface area contributed by atoms with Gasteiger partial charge < -0.3 is 10.6 Å². The number of aromatic nitrogens is 2. The Balaban J connectivity index is 1.27. The number of carbonyl (C=O) groups is 3. The van der Waals surface area contributed by atoms with E-state index < -0.39 is 11.6 Å². The molecule has 0 radical (unpaired) electrons. The Hall–Kier alpha value is -3.16. The summed E-state index contributed by atoms with van der Waals surface area (Å²) in [4.78, 5) is 38.3. The molecule has 2 aliphatic rings. The van der Waals surface area contributed by atoms with Gasteiger partial charge in [0.05, 0.1) is 11.9 Å². The molecule has 2 fully saturated rings. The quantitative estimate of drug-likeness (QED) is 0.729. The lowest BCUT2D eigenvalue weighted by Crippen LogP contribution is -2.49. The summed E-state index contributed by atoms with van der Waals surface area (Å²) in [7, 11) is 0. The standard InChI is InChI=1S/C21H25N5O3/c27-18(15-25-19(28)21(24-20(25)29)10-5-2-6-11-21)22-12-9-16-13-23-26(14-16)17-7-3-1-4-8-17/h1,3-4,7-8,13-14H,2,5-6,9-12,15H2,(H,22,27)(H,24,29). The number of carbonyl (C=O) groups excluding carboxylic acids is 3. The zero-order chi connectivity index (χ0) is 20.3. The highest BCUT2D eigenvalue weighted by Gasteiger charge is 2.51. The van der Waals surface area contributed by atoms with Crippen molar-refractivity contribution in [1.82, 2.24) is 25.3 Å². The first-order chi connectivity index (χ1) is 14.1. The molecule has 2 aromatic rings. The van der Waals surface area contributed by atoms with E-state index in [0.29, 0.717) is 25.8 Å². The second-order valence-corrected chi connectivity index (χ2v) is 7.69. The number of amides is 4. The fourth-order valence-corrected chi connectivity index (χ4v) is 4.07. The molecule has 1 aliphatic carbocycles. The highest BCUT2D eigenvalue weighted by molar-refractivity contribution is 6.09. The average molecular weight is 395 g/mol. The zero-order valence-electron chi connectivity index (χ0n) is 16.3. The SMILES string of the molecule is O=C(CN1C(=O)NC2(CCCCC2)C1=O)NCCc1cnn(-c2ccccc2)c1. The third kappa shape index (κ3) is 4.01. The summed E-state index contributed by atoms with van der Waals surface area (Å²) in [6.45, 7) is 0.170. The number of nitrogens with one attached hydrogen (secondary N) is 2. The van der Waals surface area contributed by atoms with Crippen LogP contribution < -0.4 is 10.6 Å². The molecule has 1 saturated carbocycles. The van der Waals surface area contributed by atoms with Gasteiger partial charge in [-0.3, -0.25) is 14.5 Å². The van der Waals surface area contributed by atoms with Crippen molar-refractivity contribution in [3.63, 3.8) is 0 Å². The van der Waals surface area contributed by atoms with Gasteiger partial charge in [-0.1, -0.05) is 37.5 Å². The Morgan fingerprint density at radius 2 is 1.90 bits per heavy atom. The molecule has 4 rings (SSSR count). The van der Waals surface area contributed by atoms with E-state index in [4.69, 9.17) is 0 Å². The molecular formula is C21H25N5O3. The Bertz CT molecular complexity index is 902. The van der Waals surface area contributed by atoms with Crippen molar-refractivity contribution >= 4 is 17.8 Å². The first-order valence-corrected chi connectivity index (χ1v) is 10.1. The van der Waals surface area contributed by atoms with Gasteiger partial charge >= 0.3 is 6.03 Å². The molecule has 1 saturated heterocycles. The van der Waals surface area contributed by atoms with Gasteiger partial charge in [-0.05, 0) is 37.0 Å². The number of urea groups is 1. The smallest absolute Gasteiger partial charge is 0.325 e. The summed E-state index contributed by atoms with van der Waals surface area (Å²) in [5.74, 6) is -0.599. The molecular weight excluding hydrogens is 370 g/mol. The van der Waals surface area contributed by atoms with Crippen molar-refractivity contribution in [3.05, 3.63) is 48.3 Å². The lowest BCUT2D eigenvalue weighted by molar-refractivity contribution is -0.135. The predicted octanol–water partition coefficient (Wildman–Crippen LogP) is 1.79. The third-order valence-electron chi connectivity index (χ3n) is 5.65. The van der Waals surface area contributed by atoms with Gasteiger partial charge in [-0.15, -0.1) is 0 Å². The van der Waals surface area contributed by atoms with Crippen LogP contribution in [0, 0.1) is 0 Å². The molecule has 0 bridgehead atoms. The van der Waals surface area contributed by atoms with Crippen molar-refractivity contribution in [2.75, 3.05) is 13.1 Å². The molecule has 1 aromatic carbocycles. The number of rotatable bonds is 6. The van der Waals surface area contributed by atoms with E-state index in [9.17, 15) is 14.4 Å². The predicted molar refractivity (Wildman–Crippen MR) is 106 cm³/mol. The molecule has 1 aromatic heterocycles. The Morgan fingerprint density at radius 1 is 1.14 bits per heavy atom. The molecule has 1 spiro atoms. The van der Waals surface area contributed by atoms with Crippen LogP contribution in [0.5, 0.6) is 0 Å². The lowest BCUT2D eigenvalue weighted by Gasteiger charge is -2.30. The maximum atomic E-state index is 12.7. The number of para-hydroxylation sites is 1. The van der Waals surface area contributed by atoms with E-state index in [-0.39, 0.29) is 18.4 Å². The van der Waals surface area contributed by atoms with Crippen LogP contribution in [0.4, 0.5) is 4.79 Å². The highest BCUT2D eigenvalue weighted by Crippen LogP contribution is 2.33. The van der Waals surface area contributed by atoms with Gasteiger partial charge in [0.1, 0.15) is 12.1 Å². The molecule has 2 N–H and O–H groups in total. The van der Waals surface area contributed by atoms with Gasteiger partial charge in [0.2, 0.25) is 5.91 Å². The van der Waals surface area contributed by atoms with Crippen LogP contribution in [0.15, 0.2) is 42.7 Å². The summed E-state index contributed by atoms with van der Waals surface area (Å²) in [6, 6.07) is 9.32. The topological polar surface area (TPSA) is 96.3 Å². The van der Waals surface area contributed by atoms with Crippen molar-refractivity contribution in [1.29, 1.82) is 0 Å². The first kappa shape index (κ1) is 19.2. The number of imide groups is 1. The lowest BCUT2D eigenvalue weighted by atomic mass is 9.82. The van der Waals surface area contributed by atoms with E-state index in [2.05, 4.69) is 15.7 Å². The summed E-state index contributed by atoms with van der Waals surface area (Å²) in [6.07, 6.45) is 8.53. The fourth-order valence-electron chi connectivity index (χ4n) is 4.07. The Morgan fingerprint density at radius 3 is 2.66 bits per heavy atom. The van der Waals surface area contributed by atoms with Gasteiger partial charge in [0, 0.05) is 12.7 Å².